The summed E-state index contributed by atoms with van der Waals surface area (Å²) < 4.78 is 31.0. The Bertz CT molecular complexity index is 984. The summed E-state index contributed by atoms with van der Waals surface area (Å²) in [5, 5.41) is 13.4. The highest BCUT2D eigenvalue weighted by molar-refractivity contribution is 8.56. The molecule has 6 atom stereocenters. The first-order valence-electron chi connectivity index (χ1n) is 10.5. The van der Waals surface area contributed by atoms with Crippen LogP contribution in [0.2, 0.25) is 0 Å². The predicted molar refractivity (Wildman–Crippen MR) is 126 cm³/mol. The van der Waals surface area contributed by atoms with Gasteiger partial charge in [0.25, 0.3) is 5.56 Å². The van der Waals surface area contributed by atoms with E-state index < -0.39 is 53.3 Å². The van der Waals surface area contributed by atoms with Crippen LogP contribution in [0.4, 0.5) is 0 Å². The molecular weight excluding hydrogens is 497 g/mol. The maximum Gasteiger partial charge on any atom is 0.330 e. The summed E-state index contributed by atoms with van der Waals surface area (Å²) in [4.78, 5) is 36.3. The topological polar surface area (TPSA) is 149 Å². The molecule has 11 nitrogen and oxygen atoms in total. The third kappa shape index (κ3) is 7.17. The summed E-state index contributed by atoms with van der Waals surface area (Å²) in [6.45, 7) is 4.39. The third-order valence-electron chi connectivity index (χ3n) is 4.75. The summed E-state index contributed by atoms with van der Waals surface area (Å²) in [6, 6.07) is 0.230. The zero-order chi connectivity index (χ0) is 25.0. The molecule has 14 heteroatoms. The van der Waals surface area contributed by atoms with Gasteiger partial charge in [-0.15, -0.1) is 11.6 Å². The standard InChI is InChI=1S/C19H31ClN3O8PS/c1-6-9-33-32(28,22-12(4)16(26)30-11(2)3)29-10-13-15(25)19(5,20)17(31-13)23-8-7-14(24)21-18(23)27/h7-8,11-13,15,17,25H,6,9-10H2,1-5H3,(H,22,28)(H,21,24,27)/t12?,13-,15-,17-,19-,32?/m1/s1. The van der Waals surface area contributed by atoms with E-state index in [-0.39, 0.29) is 12.7 Å². The fourth-order valence-electron chi connectivity index (χ4n) is 3.08. The number of aromatic nitrogens is 2. The number of esters is 1. The van der Waals surface area contributed by atoms with Gasteiger partial charge in [0, 0.05) is 18.0 Å². The number of hydrogen-bond donors (Lipinski definition) is 3. The van der Waals surface area contributed by atoms with Crippen LogP contribution >= 0.6 is 29.7 Å². The minimum Gasteiger partial charge on any atom is -0.462 e. The van der Waals surface area contributed by atoms with E-state index >= 15 is 0 Å². The molecule has 1 aliphatic rings. The largest absolute Gasteiger partial charge is 0.462 e. The van der Waals surface area contributed by atoms with Gasteiger partial charge in [-0.05, 0) is 34.1 Å². The molecule has 1 saturated heterocycles. The van der Waals surface area contributed by atoms with Gasteiger partial charge in [0.2, 0.25) is 0 Å². The number of halogens is 1. The smallest absolute Gasteiger partial charge is 0.330 e. The quantitative estimate of drug-likeness (QED) is 0.221. The van der Waals surface area contributed by atoms with E-state index in [0.29, 0.717) is 12.2 Å². The highest BCUT2D eigenvalue weighted by Crippen LogP contribution is 2.57. The summed E-state index contributed by atoms with van der Waals surface area (Å²) >= 11 is 7.52. The number of hydrogen-bond acceptors (Lipinski definition) is 9. The van der Waals surface area contributed by atoms with Crippen LogP contribution in [0.3, 0.4) is 0 Å². The Kier molecular flexibility index (Phi) is 9.81. The van der Waals surface area contributed by atoms with E-state index in [2.05, 4.69) is 10.1 Å². The average Bonchev–Trinajstić information content (AvgIpc) is 2.94. The van der Waals surface area contributed by atoms with Crippen LogP contribution in [0.5, 0.6) is 0 Å². The van der Waals surface area contributed by atoms with Crippen LogP contribution in [-0.2, 0) is 23.4 Å². The lowest BCUT2D eigenvalue weighted by Gasteiger charge is -2.26. The Hall–Kier alpha value is -1.14. The minimum atomic E-state index is -3.60. The number of carbonyl (C=O) groups is 1. The van der Waals surface area contributed by atoms with Gasteiger partial charge in [0.1, 0.15) is 23.1 Å². The second-order valence-electron chi connectivity index (χ2n) is 8.10. The maximum atomic E-state index is 13.4. The lowest BCUT2D eigenvalue weighted by Crippen LogP contribution is -2.43. The normalized spacial score (nSPS) is 27.9. The molecular formula is C19H31ClN3O8PS. The lowest BCUT2D eigenvalue weighted by atomic mass is 10.0. The van der Waals surface area contributed by atoms with Gasteiger partial charge in [-0.2, -0.15) is 0 Å². The number of alkyl halides is 1. The number of rotatable bonds is 11. The molecule has 1 aromatic rings. The molecule has 0 spiro atoms. The molecule has 2 rings (SSSR count). The number of ether oxygens (including phenoxy) is 2. The van der Waals surface area contributed by atoms with Crippen molar-refractivity contribution in [1.29, 1.82) is 0 Å². The molecule has 0 aliphatic carbocycles. The highest BCUT2D eigenvalue weighted by atomic mass is 35.5. The van der Waals surface area contributed by atoms with Gasteiger partial charge in [-0.3, -0.25) is 23.7 Å². The van der Waals surface area contributed by atoms with Crippen molar-refractivity contribution < 1.29 is 28.5 Å². The molecule has 0 radical (unpaired) electrons. The molecule has 33 heavy (non-hydrogen) atoms. The van der Waals surface area contributed by atoms with Crippen molar-refractivity contribution in [2.45, 2.75) is 76.5 Å². The van der Waals surface area contributed by atoms with E-state index in [1.54, 1.807) is 13.8 Å². The molecule has 1 aromatic heterocycles. The second kappa shape index (κ2) is 11.5. The van der Waals surface area contributed by atoms with E-state index in [4.69, 9.17) is 25.6 Å². The second-order valence-corrected chi connectivity index (χ2v) is 13.3. The third-order valence-corrected chi connectivity index (χ3v) is 9.49. The van der Waals surface area contributed by atoms with Crippen molar-refractivity contribution >= 4 is 35.7 Å². The first-order chi connectivity index (χ1) is 15.3. The van der Waals surface area contributed by atoms with Crippen LogP contribution in [0, 0.1) is 0 Å². The van der Waals surface area contributed by atoms with E-state index in [1.807, 2.05) is 6.92 Å². The molecule has 2 unspecified atom stereocenters. The fraction of sp³-hybridized carbons (Fsp3) is 0.737. The number of carbonyl (C=O) groups excluding carboxylic acids is 1. The van der Waals surface area contributed by atoms with Gasteiger partial charge in [0.15, 0.2) is 6.23 Å². The van der Waals surface area contributed by atoms with Crippen molar-refractivity contribution in [2.75, 3.05) is 12.4 Å². The summed E-state index contributed by atoms with van der Waals surface area (Å²) in [7, 11) is 0. The number of aliphatic hydroxyl groups excluding tert-OH is 1. The fourth-order valence-corrected chi connectivity index (χ4v) is 7.32. The molecule has 0 saturated carbocycles. The van der Waals surface area contributed by atoms with Crippen LogP contribution in [-0.4, -0.2) is 62.2 Å². The Balaban J connectivity index is 2.16. The Morgan fingerprint density at radius 3 is 2.70 bits per heavy atom. The predicted octanol–water partition coefficient (Wildman–Crippen LogP) is 1.99. The van der Waals surface area contributed by atoms with Crippen molar-refractivity contribution in [3.8, 4) is 0 Å². The van der Waals surface area contributed by atoms with Gasteiger partial charge >= 0.3 is 18.4 Å². The highest BCUT2D eigenvalue weighted by Gasteiger charge is 2.54. The molecule has 188 valence electrons. The summed E-state index contributed by atoms with van der Waals surface area (Å²) in [5.74, 6) is -0.0821. The summed E-state index contributed by atoms with van der Waals surface area (Å²) in [5.41, 5.74) is -1.34. The Morgan fingerprint density at radius 2 is 2.12 bits per heavy atom. The molecule has 0 bridgehead atoms. The maximum absolute atomic E-state index is 13.4. The van der Waals surface area contributed by atoms with Crippen LogP contribution in [0.15, 0.2) is 21.9 Å². The van der Waals surface area contributed by atoms with E-state index in [9.17, 15) is 24.1 Å². The summed E-state index contributed by atoms with van der Waals surface area (Å²) in [6.07, 6.45) is -1.86. The molecule has 1 aliphatic heterocycles. The zero-order valence-electron chi connectivity index (χ0n) is 19.1. The molecule has 1 fully saturated rings. The van der Waals surface area contributed by atoms with Crippen molar-refractivity contribution in [3.63, 3.8) is 0 Å². The van der Waals surface area contributed by atoms with Crippen molar-refractivity contribution in [1.82, 2.24) is 14.6 Å². The van der Waals surface area contributed by atoms with Crippen molar-refractivity contribution in [3.05, 3.63) is 33.1 Å². The van der Waals surface area contributed by atoms with Gasteiger partial charge in [-0.25, -0.2) is 9.88 Å². The molecule has 3 N–H and O–H groups in total. The van der Waals surface area contributed by atoms with Crippen LogP contribution in [0.1, 0.15) is 47.3 Å². The van der Waals surface area contributed by atoms with Crippen LogP contribution < -0.4 is 16.3 Å². The van der Waals surface area contributed by atoms with Crippen LogP contribution in [0.25, 0.3) is 0 Å². The first-order valence-corrected chi connectivity index (χ1v) is 14.1. The number of H-pyrrole nitrogens is 1. The Labute approximate surface area is 200 Å². The van der Waals surface area contributed by atoms with Gasteiger partial charge in [-0.1, -0.05) is 18.3 Å². The Morgan fingerprint density at radius 1 is 1.45 bits per heavy atom. The monoisotopic (exact) mass is 527 g/mol. The van der Waals surface area contributed by atoms with Gasteiger partial charge < -0.3 is 19.1 Å². The molecule has 0 amide bonds. The van der Waals surface area contributed by atoms with Crippen molar-refractivity contribution in [2.24, 2.45) is 0 Å². The number of nitrogens with one attached hydrogen (secondary N) is 2. The number of aliphatic hydroxyl groups is 1. The number of nitrogens with zero attached hydrogens (tertiary/aromatic N) is 1. The zero-order valence-corrected chi connectivity index (χ0v) is 21.6. The SMILES string of the molecule is CCCSP(=O)(NC(C)C(=O)OC(C)C)OC[C@H]1O[C@@H](n2ccc(=O)[nH]c2=O)[C@](C)(Cl)[C@@H]1O. The van der Waals surface area contributed by atoms with E-state index in [1.165, 1.54) is 20.0 Å². The molecule has 2 heterocycles. The average molecular weight is 528 g/mol. The number of aromatic amines is 1. The van der Waals surface area contributed by atoms with E-state index in [0.717, 1.165) is 22.0 Å². The van der Waals surface area contributed by atoms with Gasteiger partial charge in [0.05, 0.1) is 12.7 Å². The lowest BCUT2D eigenvalue weighted by molar-refractivity contribution is -0.149. The first kappa shape index (κ1) is 28.1. The molecule has 0 aromatic carbocycles. The minimum absolute atomic E-state index is 0.328.